The zero-order valence-corrected chi connectivity index (χ0v) is 22.0. The second-order valence-corrected chi connectivity index (χ2v) is 10.8. The van der Waals surface area contributed by atoms with Crippen LogP contribution >= 0.6 is 15.9 Å². The number of carbonyl (C=O) groups is 2. The lowest BCUT2D eigenvalue weighted by atomic mass is 10.1. The summed E-state index contributed by atoms with van der Waals surface area (Å²) in [5, 5.41) is 2.86. The van der Waals surface area contributed by atoms with E-state index in [1.165, 1.54) is 17.0 Å². The molecule has 2 aromatic carbocycles. The van der Waals surface area contributed by atoms with Crippen LogP contribution in [0.25, 0.3) is 0 Å². The lowest BCUT2D eigenvalue weighted by Gasteiger charge is -2.33. The molecule has 0 aliphatic rings. The van der Waals surface area contributed by atoms with Crippen molar-refractivity contribution in [2.75, 3.05) is 23.7 Å². The molecule has 34 heavy (non-hydrogen) atoms. The van der Waals surface area contributed by atoms with Crippen LogP contribution < -0.4 is 9.62 Å². The molecule has 0 radical (unpaired) electrons. The van der Waals surface area contributed by atoms with Crippen LogP contribution in [-0.4, -0.2) is 50.5 Å². The Morgan fingerprint density at radius 1 is 1.12 bits per heavy atom. The van der Waals surface area contributed by atoms with Crippen molar-refractivity contribution in [2.45, 2.75) is 45.7 Å². The average molecular weight is 556 g/mol. The van der Waals surface area contributed by atoms with Gasteiger partial charge in [-0.05, 0) is 48.7 Å². The van der Waals surface area contributed by atoms with Crippen LogP contribution in [0.1, 0.15) is 38.7 Å². The second-order valence-electron chi connectivity index (χ2n) is 7.97. The van der Waals surface area contributed by atoms with Crippen molar-refractivity contribution in [1.82, 2.24) is 10.2 Å². The monoisotopic (exact) mass is 555 g/mol. The SMILES string of the molecule is CCCCNC(=O)C(CC)N(Cc1ccc(F)cc1)C(=O)CN(c1cccc(Br)c1)S(C)(=O)=O. The molecule has 0 saturated heterocycles. The summed E-state index contributed by atoms with van der Waals surface area (Å²) in [4.78, 5) is 27.8. The number of halogens is 2. The molecule has 2 rings (SSSR count). The van der Waals surface area contributed by atoms with Gasteiger partial charge in [0.1, 0.15) is 18.4 Å². The van der Waals surface area contributed by atoms with Crippen molar-refractivity contribution in [2.24, 2.45) is 0 Å². The minimum absolute atomic E-state index is 0.0366. The van der Waals surface area contributed by atoms with Crippen LogP contribution in [0.5, 0.6) is 0 Å². The molecule has 1 unspecified atom stereocenters. The topological polar surface area (TPSA) is 86.8 Å². The molecule has 0 bridgehead atoms. The molecule has 0 saturated carbocycles. The van der Waals surface area contributed by atoms with Gasteiger partial charge in [-0.3, -0.25) is 13.9 Å². The zero-order valence-electron chi connectivity index (χ0n) is 19.6. The summed E-state index contributed by atoms with van der Waals surface area (Å²) >= 11 is 3.33. The van der Waals surface area contributed by atoms with Crippen LogP contribution in [0.3, 0.4) is 0 Å². The quantitative estimate of drug-likeness (QED) is 0.400. The lowest BCUT2D eigenvalue weighted by molar-refractivity contribution is -0.140. The molecule has 0 fully saturated rings. The van der Waals surface area contributed by atoms with Crippen molar-refractivity contribution < 1.29 is 22.4 Å². The number of amides is 2. The first-order chi connectivity index (χ1) is 16.1. The third kappa shape index (κ3) is 8.09. The Kier molecular flexibility index (Phi) is 10.5. The first-order valence-corrected chi connectivity index (χ1v) is 13.8. The third-order valence-corrected chi connectivity index (χ3v) is 6.89. The number of rotatable bonds is 12. The summed E-state index contributed by atoms with van der Waals surface area (Å²) in [5.74, 6) is -1.25. The second kappa shape index (κ2) is 12.9. The highest BCUT2D eigenvalue weighted by molar-refractivity contribution is 9.10. The number of anilines is 1. The maximum absolute atomic E-state index is 13.5. The summed E-state index contributed by atoms with van der Waals surface area (Å²) in [7, 11) is -3.80. The van der Waals surface area contributed by atoms with E-state index in [-0.39, 0.29) is 12.5 Å². The Bertz CT molecular complexity index is 1080. The molecular weight excluding hydrogens is 525 g/mol. The molecule has 0 aromatic heterocycles. The number of benzene rings is 2. The van der Waals surface area contributed by atoms with Gasteiger partial charge in [0.25, 0.3) is 0 Å². The van der Waals surface area contributed by atoms with Gasteiger partial charge >= 0.3 is 0 Å². The number of carbonyl (C=O) groups excluding carboxylic acids is 2. The molecule has 0 aliphatic heterocycles. The van der Waals surface area contributed by atoms with Crippen molar-refractivity contribution in [3.63, 3.8) is 0 Å². The summed E-state index contributed by atoms with van der Waals surface area (Å²) in [6.45, 7) is 3.84. The first kappa shape index (κ1) is 27.8. The van der Waals surface area contributed by atoms with Gasteiger partial charge in [0, 0.05) is 17.6 Å². The summed E-state index contributed by atoms with van der Waals surface area (Å²) in [5.41, 5.74) is 0.954. The Morgan fingerprint density at radius 2 is 1.79 bits per heavy atom. The Labute approximate surface area is 209 Å². The number of nitrogens with one attached hydrogen (secondary N) is 1. The number of hydrogen-bond acceptors (Lipinski definition) is 4. The fourth-order valence-electron chi connectivity index (χ4n) is 3.46. The molecule has 1 N–H and O–H groups in total. The van der Waals surface area contributed by atoms with Crippen LogP contribution in [0, 0.1) is 5.82 Å². The van der Waals surface area contributed by atoms with Crippen molar-refractivity contribution >= 4 is 43.5 Å². The largest absolute Gasteiger partial charge is 0.354 e. The van der Waals surface area contributed by atoms with Crippen LogP contribution in [-0.2, 0) is 26.2 Å². The molecule has 0 heterocycles. The van der Waals surface area contributed by atoms with Gasteiger partial charge in [-0.2, -0.15) is 0 Å². The number of nitrogens with zero attached hydrogens (tertiary/aromatic N) is 2. The molecule has 7 nitrogen and oxygen atoms in total. The predicted molar refractivity (Wildman–Crippen MR) is 135 cm³/mol. The zero-order chi connectivity index (χ0) is 25.3. The summed E-state index contributed by atoms with van der Waals surface area (Å²) in [6.07, 6.45) is 3.07. The molecule has 1 atom stereocenters. The van der Waals surface area contributed by atoms with E-state index in [2.05, 4.69) is 21.2 Å². The van der Waals surface area contributed by atoms with Crippen molar-refractivity contribution in [3.05, 3.63) is 64.4 Å². The van der Waals surface area contributed by atoms with E-state index in [1.807, 2.05) is 6.92 Å². The van der Waals surface area contributed by atoms with Gasteiger partial charge in [0.2, 0.25) is 21.8 Å². The van der Waals surface area contributed by atoms with Gasteiger partial charge in [-0.15, -0.1) is 0 Å². The van der Waals surface area contributed by atoms with E-state index in [0.29, 0.717) is 28.7 Å². The van der Waals surface area contributed by atoms with Crippen molar-refractivity contribution in [3.8, 4) is 0 Å². The average Bonchev–Trinajstić information content (AvgIpc) is 2.78. The Morgan fingerprint density at radius 3 is 2.35 bits per heavy atom. The normalized spacial score (nSPS) is 12.1. The van der Waals surface area contributed by atoms with E-state index in [4.69, 9.17) is 0 Å². The third-order valence-electron chi connectivity index (χ3n) is 5.26. The van der Waals surface area contributed by atoms with E-state index in [1.54, 1.807) is 43.3 Å². The van der Waals surface area contributed by atoms with Gasteiger partial charge in [-0.25, -0.2) is 12.8 Å². The molecule has 186 valence electrons. The summed E-state index contributed by atoms with van der Waals surface area (Å²) in [6, 6.07) is 11.5. The molecule has 0 spiro atoms. The standard InChI is InChI=1S/C24H31BrFN3O4S/c1-4-6-14-27-24(31)22(5-2)28(16-18-10-12-20(26)13-11-18)23(30)17-29(34(3,32)33)21-9-7-8-19(25)15-21/h7-13,15,22H,4-6,14,16-17H2,1-3H3,(H,27,31). The summed E-state index contributed by atoms with van der Waals surface area (Å²) < 4.78 is 40.2. The van der Waals surface area contributed by atoms with Crippen LogP contribution in [0.4, 0.5) is 10.1 Å². The van der Waals surface area contributed by atoms with E-state index in [9.17, 15) is 22.4 Å². The van der Waals surface area contributed by atoms with Crippen LogP contribution in [0.2, 0.25) is 0 Å². The molecule has 0 aliphatic carbocycles. The maximum atomic E-state index is 13.5. The van der Waals surface area contributed by atoms with E-state index in [0.717, 1.165) is 23.4 Å². The molecule has 2 aromatic rings. The molecule has 10 heteroatoms. The number of unbranched alkanes of at least 4 members (excludes halogenated alkanes) is 1. The van der Waals surface area contributed by atoms with Gasteiger partial charge < -0.3 is 10.2 Å². The van der Waals surface area contributed by atoms with Crippen molar-refractivity contribution in [1.29, 1.82) is 0 Å². The van der Waals surface area contributed by atoms with E-state index >= 15 is 0 Å². The lowest BCUT2D eigenvalue weighted by Crippen LogP contribution is -2.52. The number of hydrogen-bond donors (Lipinski definition) is 1. The number of sulfonamides is 1. The smallest absolute Gasteiger partial charge is 0.244 e. The van der Waals surface area contributed by atoms with E-state index < -0.39 is 34.3 Å². The highest BCUT2D eigenvalue weighted by Gasteiger charge is 2.31. The maximum Gasteiger partial charge on any atom is 0.244 e. The van der Waals surface area contributed by atoms with Gasteiger partial charge in [-0.1, -0.05) is 54.4 Å². The van der Waals surface area contributed by atoms with Gasteiger partial charge in [0.15, 0.2) is 0 Å². The highest BCUT2D eigenvalue weighted by atomic mass is 79.9. The minimum Gasteiger partial charge on any atom is -0.354 e. The molecular formula is C24H31BrFN3O4S. The molecule has 2 amide bonds. The van der Waals surface area contributed by atoms with Crippen LogP contribution in [0.15, 0.2) is 53.0 Å². The fourth-order valence-corrected chi connectivity index (χ4v) is 4.69. The first-order valence-electron chi connectivity index (χ1n) is 11.1. The minimum atomic E-state index is -3.80. The predicted octanol–water partition coefficient (Wildman–Crippen LogP) is 4.08. The Balaban J connectivity index is 2.39. The van der Waals surface area contributed by atoms with Gasteiger partial charge in [0.05, 0.1) is 11.9 Å². The highest BCUT2D eigenvalue weighted by Crippen LogP contribution is 2.23. The Hall–Kier alpha value is -2.46. The fraction of sp³-hybridized carbons (Fsp3) is 0.417.